The number of ketones is 1. The van der Waals surface area contributed by atoms with E-state index in [4.69, 9.17) is 0 Å². The lowest BCUT2D eigenvalue weighted by atomic mass is 9.89. The standard InChI is InChI=1S/C54H107N3O3/c1-5-9-13-17-19-26-35-50(34-24-15-11-7-3)48-53(59)40-28-21-22-32-42-56(44-45-57(46-47-58)52-38-29-30-39-52)43-33-23-31-41-55-54(60)49-51(36-25-16-12-8-4)37-27-20-18-14-10-6-2/h50-52,58H,5-49H2,1-4H3,(H,55,60). The van der Waals surface area contributed by atoms with Crippen LogP contribution in [-0.2, 0) is 9.59 Å². The average molecular weight is 846 g/mol. The van der Waals surface area contributed by atoms with Gasteiger partial charge in [0.1, 0.15) is 5.78 Å². The van der Waals surface area contributed by atoms with E-state index in [1.807, 2.05) is 0 Å². The van der Waals surface area contributed by atoms with Crippen LogP contribution in [0, 0.1) is 11.8 Å². The highest BCUT2D eigenvalue weighted by Gasteiger charge is 2.22. The summed E-state index contributed by atoms with van der Waals surface area (Å²) >= 11 is 0. The van der Waals surface area contributed by atoms with Crippen molar-refractivity contribution in [1.29, 1.82) is 0 Å². The molecular weight excluding hydrogens is 739 g/mol. The third-order valence-electron chi connectivity index (χ3n) is 13.9. The number of nitrogens with zero attached hydrogens (tertiary/aromatic N) is 2. The molecule has 2 unspecified atom stereocenters. The molecule has 1 amide bonds. The number of nitrogens with one attached hydrogen (secondary N) is 1. The maximum absolute atomic E-state index is 13.1. The largest absolute Gasteiger partial charge is 0.395 e. The van der Waals surface area contributed by atoms with E-state index in [0.29, 0.717) is 30.1 Å². The molecule has 0 heterocycles. The quantitative estimate of drug-likeness (QED) is 0.0597. The zero-order valence-corrected chi connectivity index (χ0v) is 41.2. The van der Waals surface area contributed by atoms with Crippen LogP contribution in [0.5, 0.6) is 0 Å². The lowest BCUT2D eigenvalue weighted by molar-refractivity contribution is -0.122. The van der Waals surface area contributed by atoms with Crippen LogP contribution < -0.4 is 5.32 Å². The van der Waals surface area contributed by atoms with E-state index in [1.54, 1.807) is 0 Å². The van der Waals surface area contributed by atoms with Crippen molar-refractivity contribution in [2.45, 2.75) is 278 Å². The molecule has 1 aliphatic rings. The van der Waals surface area contributed by atoms with Crippen molar-refractivity contribution in [3.63, 3.8) is 0 Å². The Hall–Kier alpha value is -0.980. The number of hydrogen-bond donors (Lipinski definition) is 2. The smallest absolute Gasteiger partial charge is 0.220 e. The van der Waals surface area contributed by atoms with Gasteiger partial charge in [0.15, 0.2) is 0 Å². The summed E-state index contributed by atoms with van der Waals surface area (Å²) in [5.74, 6) is 1.95. The van der Waals surface area contributed by atoms with Gasteiger partial charge in [-0.1, -0.05) is 201 Å². The van der Waals surface area contributed by atoms with E-state index in [2.05, 4.69) is 42.8 Å². The predicted molar refractivity (Wildman–Crippen MR) is 262 cm³/mol. The van der Waals surface area contributed by atoms with Gasteiger partial charge < -0.3 is 15.3 Å². The zero-order valence-electron chi connectivity index (χ0n) is 41.2. The molecule has 6 nitrogen and oxygen atoms in total. The summed E-state index contributed by atoms with van der Waals surface area (Å²) in [5.41, 5.74) is 0. The number of unbranched alkanes of at least 4 members (excludes halogenated alkanes) is 21. The number of aliphatic hydroxyl groups is 1. The van der Waals surface area contributed by atoms with Crippen molar-refractivity contribution in [3.8, 4) is 0 Å². The van der Waals surface area contributed by atoms with Crippen LogP contribution in [0.4, 0.5) is 0 Å². The van der Waals surface area contributed by atoms with Gasteiger partial charge in [0, 0.05) is 51.5 Å². The van der Waals surface area contributed by atoms with Gasteiger partial charge in [-0.05, 0) is 76.3 Å². The predicted octanol–water partition coefficient (Wildman–Crippen LogP) is 14.8. The second kappa shape index (κ2) is 43.3. The number of carbonyl (C=O) groups is 2. The van der Waals surface area contributed by atoms with Crippen LogP contribution in [0.1, 0.15) is 272 Å². The lowest BCUT2D eigenvalue weighted by Crippen LogP contribution is -2.42. The molecule has 6 heteroatoms. The number of rotatable bonds is 47. The van der Waals surface area contributed by atoms with Crippen LogP contribution in [0.3, 0.4) is 0 Å². The average Bonchev–Trinajstić information content (AvgIpc) is 3.79. The molecule has 0 aromatic heterocycles. The third kappa shape index (κ3) is 34.5. The van der Waals surface area contributed by atoms with Gasteiger partial charge in [-0.3, -0.25) is 14.5 Å². The molecule has 0 bridgehead atoms. The Bertz CT molecular complexity index is 866. The fraction of sp³-hybridized carbons (Fsp3) is 0.963. The van der Waals surface area contributed by atoms with E-state index in [-0.39, 0.29) is 12.5 Å². The maximum Gasteiger partial charge on any atom is 0.220 e. The number of Topliss-reactive ketones (excluding diaryl/α,β-unsaturated/α-hetero) is 1. The van der Waals surface area contributed by atoms with Crippen molar-refractivity contribution >= 4 is 11.7 Å². The Kier molecular flexibility index (Phi) is 41.1. The fourth-order valence-corrected chi connectivity index (χ4v) is 9.96. The maximum atomic E-state index is 13.1. The molecule has 0 spiro atoms. The lowest BCUT2D eigenvalue weighted by Gasteiger charge is -2.31. The first kappa shape index (κ1) is 57.0. The summed E-state index contributed by atoms with van der Waals surface area (Å²) in [6, 6.07) is 0.642. The van der Waals surface area contributed by atoms with Crippen molar-refractivity contribution < 1.29 is 14.7 Å². The van der Waals surface area contributed by atoms with Crippen LogP contribution in [0.2, 0.25) is 0 Å². The summed E-state index contributed by atoms with van der Waals surface area (Å²) in [7, 11) is 0. The molecule has 0 aromatic carbocycles. The minimum absolute atomic E-state index is 0.248. The Morgan fingerprint density at radius 3 is 1.45 bits per heavy atom. The van der Waals surface area contributed by atoms with Gasteiger partial charge in [0.2, 0.25) is 5.91 Å². The van der Waals surface area contributed by atoms with Gasteiger partial charge in [-0.25, -0.2) is 0 Å². The molecule has 1 aliphatic carbocycles. The molecule has 0 saturated heterocycles. The molecule has 2 N–H and O–H groups in total. The van der Waals surface area contributed by atoms with E-state index >= 15 is 0 Å². The van der Waals surface area contributed by atoms with Crippen LogP contribution >= 0.6 is 0 Å². The van der Waals surface area contributed by atoms with Gasteiger partial charge in [0.05, 0.1) is 6.61 Å². The van der Waals surface area contributed by atoms with Gasteiger partial charge in [0.25, 0.3) is 0 Å². The molecule has 60 heavy (non-hydrogen) atoms. The highest BCUT2D eigenvalue weighted by molar-refractivity contribution is 5.78. The summed E-state index contributed by atoms with van der Waals surface area (Å²) in [6.07, 6.45) is 46.9. The summed E-state index contributed by atoms with van der Waals surface area (Å²) < 4.78 is 0. The van der Waals surface area contributed by atoms with Crippen molar-refractivity contribution in [1.82, 2.24) is 15.1 Å². The first-order valence-electron chi connectivity index (χ1n) is 27.3. The van der Waals surface area contributed by atoms with Gasteiger partial charge in [-0.2, -0.15) is 0 Å². The third-order valence-corrected chi connectivity index (χ3v) is 13.9. The first-order chi connectivity index (χ1) is 29.5. The number of aliphatic hydroxyl groups excluding tert-OH is 1. The summed E-state index contributed by atoms with van der Waals surface area (Å²) in [6.45, 7) is 15.3. The highest BCUT2D eigenvalue weighted by Crippen LogP contribution is 2.25. The molecule has 2 atom stereocenters. The van der Waals surface area contributed by atoms with Gasteiger partial charge in [-0.15, -0.1) is 0 Å². The minimum atomic E-state index is 0.248. The monoisotopic (exact) mass is 846 g/mol. The minimum Gasteiger partial charge on any atom is -0.395 e. The summed E-state index contributed by atoms with van der Waals surface area (Å²) in [4.78, 5) is 31.4. The second-order valence-corrected chi connectivity index (χ2v) is 19.6. The van der Waals surface area contributed by atoms with E-state index in [1.165, 1.54) is 199 Å². The number of amides is 1. The second-order valence-electron chi connectivity index (χ2n) is 19.6. The molecule has 0 radical (unpaired) electrons. The van der Waals surface area contributed by atoms with E-state index in [9.17, 15) is 14.7 Å². The van der Waals surface area contributed by atoms with E-state index < -0.39 is 0 Å². The first-order valence-corrected chi connectivity index (χ1v) is 27.3. The molecule has 356 valence electrons. The SMILES string of the molecule is CCCCCCCCC(CCCCCC)CC(=O)CCCCCCN(CCCCCNC(=O)CC(CCCCCC)CCCCCCCC)CCN(CCO)C1CCCC1. The zero-order chi connectivity index (χ0) is 43.6. The molecule has 1 saturated carbocycles. The van der Waals surface area contributed by atoms with Crippen LogP contribution in [0.25, 0.3) is 0 Å². The number of carbonyl (C=O) groups excluding carboxylic acids is 2. The van der Waals surface area contributed by atoms with Gasteiger partial charge >= 0.3 is 0 Å². The molecule has 1 rings (SSSR count). The normalized spacial score (nSPS) is 14.4. The Morgan fingerprint density at radius 2 is 0.933 bits per heavy atom. The van der Waals surface area contributed by atoms with Crippen LogP contribution in [-0.4, -0.2) is 78.5 Å². The van der Waals surface area contributed by atoms with Crippen molar-refractivity contribution in [3.05, 3.63) is 0 Å². The number of hydrogen-bond acceptors (Lipinski definition) is 5. The van der Waals surface area contributed by atoms with Crippen molar-refractivity contribution in [2.75, 3.05) is 45.9 Å². The Balaban J connectivity index is 2.50. The van der Waals surface area contributed by atoms with Crippen molar-refractivity contribution in [2.24, 2.45) is 11.8 Å². The molecule has 1 fully saturated rings. The molecular formula is C54H107N3O3. The Labute approximate surface area is 375 Å². The molecule has 0 aromatic rings. The topological polar surface area (TPSA) is 72.9 Å². The summed E-state index contributed by atoms with van der Waals surface area (Å²) in [5, 5.41) is 13.1. The Morgan fingerprint density at radius 1 is 0.500 bits per heavy atom. The highest BCUT2D eigenvalue weighted by atomic mass is 16.3. The van der Waals surface area contributed by atoms with E-state index in [0.717, 1.165) is 77.8 Å². The van der Waals surface area contributed by atoms with Crippen LogP contribution in [0.15, 0.2) is 0 Å². The molecule has 0 aliphatic heterocycles. The fourth-order valence-electron chi connectivity index (χ4n) is 9.96.